The van der Waals surface area contributed by atoms with E-state index in [1.807, 2.05) is 17.5 Å². The van der Waals surface area contributed by atoms with Crippen LogP contribution in [-0.2, 0) is 6.54 Å². The van der Waals surface area contributed by atoms with Crippen molar-refractivity contribution in [2.24, 2.45) is 0 Å². The van der Waals surface area contributed by atoms with Gasteiger partial charge >= 0.3 is 0 Å². The molecule has 0 saturated heterocycles. The highest BCUT2D eigenvalue weighted by Gasteiger charge is 2.09. The quantitative estimate of drug-likeness (QED) is 0.909. The van der Waals surface area contributed by atoms with Crippen LogP contribution in [0.15, 0.2) is 22.0 Å². The van der Waals surface area contributed by atoms with Gasteiger partial charge in [0.05, 0.1) is 11.4 Å². The van der Waals surface area contributed by atoms with Gasteiger partial charge in [-0.2, -0.15) is 4.98 Å². The molecule has 2 aromatic heterocycles. The Morgan fingerprint density at radius 1 is 1.53 bits per heavy atom. The summed E-state index contributed by atoms with van der Waals surface area (Å²) in [5.74, 6) is 1.32. The van der Waals surface area contributed by atoms with E-state index in [-0.39, 0.29) is 12.4 Å². The van der Waals surface area contributed by atoms with Gasteiger partial charge in [-0.3, -0.25) is 0 Å². The van der Waals surface area contributed by atoms with Gasteiger partial charge in [0.25, 0.3) is 0 Å². The Labute approximate surface area is 111 Å². The number of hydrogen-bond donors (Lipinski definition) is 1. The first-order valence-electron chi connectivity index (χ1n) is 5.39. The number of rotatable bonds is 5. The molecule has 6 heteroatoms. The van der Waals surface area contributed by atoms with Crippen LogP contribution in [0.4, 0.5) is 0 Å². The van der Waals surface area contributed by atoms with Crippen LogP contribution in [-0.4, -0.2) is 16.2 Å². The zero-order chi connectivity index (χ0) is 11.4. The van der Waals surface area contributed by atoms with Crippen LogP contribution in [0.25, 0.3) is 10.7 Å². The molecular weight excluding hydrogens is 258 g/mol. The minimum Gasteiger partial charge on any atom is -0.338 e. The van der Waals surface area contributed by atoms with Crippen molar-refractivity contribution in [1.29, 1.82) is 0 Å². The molecule has 1 N–H and O–H groups in total. The van der Waals surface area contributed by atoms with Crippen LogP contribution >= 0.6 is 23.7 Å². The third-order valence-corrected chi connectivity index (χ3v) is 3.29. The highest BCUT2D eigenvalue weighted by Crippen LogP contribution is 2.21. The Balaban J connectivity index is 0.00000144. The van der Waals surface area contributed by atoms with Crippen molar-refractivity contribution in [3.63, 3.8) is 0 Å². The molecule has 0 fully saturated rings. The van der Waals surface area contributed by atoms with Gasteiger partial charge in [0.2, 0.25) is 11.7 Å². The van der Waals surface area contributed by atoms with Crippen molar-refractivity contribution < 1.29 is 4.52 Å². The molecule has 0 spiro atoms. The van der Waals surface area contributed by atoms with Crippen molar-refractivity contribution in [3.8, 4) is 10.7 Å². The zero-order valence-corrected chi connectivity index (χ0v) is 11.5. The SMILES string of the molecule is CCC(C)NCc1nc(-c2cccs2)no1.Cl. The molecule has 0 aliphatic rings. The second-order valence-corrected chi connectivity index (χ2v) is 4.63. The Hall–Kier alpha value is -0.910. The van der Waals surface area contributed by atoms with Crippen LogP contribution in [0.3, 0.4) is 0 Å². The van der Waals surface area contributed by atoms with E-state index in [1.165, 1.54) is 0 Å². The first-order valence-corrected chi connectivity index (χ1v) is 6.27. The predicted octanol–water partition coefficient (Wildman–Crippen LogP) is 3.11. The number of hydrogen-bond acceptors (Lipinski definition) is 5. The molecule has 1 atom stereocenters. The highest BCUT2D eigenvalue weighted by molar-refractivity contribution is 7.13. The number of nitrogens with zero attached hydrogens (tertiary/aromatic N) is 2. The van der Waals surface area contributed by atoms with E-state index in [1.54, 1.807) is 11.3 Å². The summed E-state index contributed by atoms with van der Waals surface area (Å²) in [6, 6.07) is 4.44. The van der Waals surface area contributed by atoms with Gasteiger partial charge in [-0.25, -0.2) is 0 Å². The van der Waals surface area contributed by atoms with Crippen molar-refractivity contribution in [2.75, 3.05) is 0 Å². The molecule has 2 aromatic rings. The highest BCUT2D eigenvalue weighted by atomic mass is 35.5. The Morgan fingerprint density at radius 3 is 3.00 bits per heavy atom. The topological polar surface area (TPSA) is 51.0 Å². The first-order chi connectivity index (χ1) is 7.79. The van der Waals surface area contributed by atoms with Crippen LogP contribution < -0.4 is 5.32 Å². The normalized spacial score (nSPS) is 12.1. The maximum atomic E-state index is 5.17. The van der Waals surface area contributed by atoms with Gasteiger partial charge in [-0.1, -0.05) is 18.1 Å². The Kier molecular flexibility index (Phi) is 5.61. The molecule has 0 bridgehead atoms. The molecule has 1 unspecified atom stereocenters. The van der Waals surface area contributed by atoms with E-state index >= 15 is 0 Å². The standard InChI is InChI=1S/C11H15N3OS.ClH/c1-3-8(2)12-7-10-13-11(14-15-10)9-5-4-6-16-9;/h4-6,8,12H,3,7H2,1-2H3;1H. The predicted molar refractivity (Wildman–Crippen MR) is 71.5 cm³/mol. The smallest absolute Gasteiger partial charge is 0.240 e. The lowest BCUT2D eigenvalue weighted by Gasteiger charge is -2.07. The number of nitrogens with one attached hydrogen (secondary N) is 1. The zero-order valence-electron chi connectivity index (χ0n) is 9.84. The van der Waals surface area contributed by atoms with E-state index in [9.17, 15) is 0 Å². The molecule has 0 aromatic carbocycles. The average Bonchev–Trinajstić information content (AvgIpc) is 2.95. The summed E-state index contributed by atoms with van der Waals surface area (Å²) in [5, 5.41) is 9.26. The summed E-state index contributed by atoms with van der Waals surface area (Å²) >= 11 is 1.61. The maximum Gasteiger partial charge on any atom is 0.240 e. The van der Waals surface area contributed by atoms with Gasteiger partial charge in [0.15, 0.2) is 0 Å². The second-order valence-electron chi connectivity index (χ2n) is 3.68. The molecule has 0 aliphatic carbocycles. The molecule has 2 rings (SSSR count). The fourth-order valence-corrected chi connectivity index (χ4v) is 1.89. The lowest BCUT2D eigenvalue weighted by atomic mass is 10.3. The third kappa shape index (κ3) is 3.80. The summed E-state index contributed by atoms with van der Waals surface area (Å²) in [4.78, 5) is 5.37. The maximum absolute atomic E-state index is 5.17. The lowest BCUT2D eigenvalue weighted by molar-refractivity contribution is 0.358. The lowest BCUT2D eigenvalue weighted by Crippen LogP contribution is -2.24. The van der Waals surface area contributed by atoms with Gasteiger partial charge < -0.3 is 9.84 Å². The van der Waals surface area contributed by atoms with E-state index in [0.29, 0.717) is 24.3 Å². The van der Waals surface area contributed by atoms with Crippen LogP contribution in [0, 0.1) is 0 Å². The molecule has 17 heavy (non-hydrogen) atoms. The average molecular weight is 274 g/mol. The summed E-state index contributed by atoms with van der Waals surface area (Å²) in [6.45, 7) is 4.91. The van der Waals surface area contributed by atoms with E-state index in [0.717, 1.165) is 11.3 Å². The molecule has 94 valence electrons. The van der Waals surface area contributed by atoms with Crippen molar-refractivity contribution in [3.05, 3.63) is 23.4 Å². The van der Waals surface area contributed by atoms with Crippen molar-refractivity contribution >= 4 is 23.7 Å². The van der Waals surface area contributed by atoms with Crippen LogP contribution in [0.1, 0.15) is 26.2 Å². The van der Waals surface area contributed by atoms with E-state index < -0.39 is 0 Å². The minimum absolute atomic E-state index is 0. The van der Waals surface area contributed by atoms with Gasteiger partial charge in [-0.15, -0.1) is 23.7 Å². The minimum atomic E-state index is 0. The fourth-order valence-electron chi connectivity index (χ4n) is 1.24. The Bertz CT molecular complexity index is 430. The Morgan fingerprint density at radius 2 is 2.35 bits per heavy atom. The molecule has 0 saturated carbocycles. The first kappa shape index (κ1) is 14.2. The molecule has 0 amide bonds. The number of halogens is 1. The third-order valence-electron chi connectivity index (χ3n) is 2.42. The molecule has 2 heterocycles. The number of thiophene rings is 1. The van der Waals surface area contributed by atoms with Crippen LogP contribution in [0.5, 0.6) is 0 Å². The summed E-state index contributed by atoms with van der Waals surface area (Å²) in [6.07, 6.45) is 1.09. The van der Waals surface area contributed by atoms with Gasteiger partial charge in [0.1, 0.15) is 0 Å². The van der Waals surface area contributed by atoms with Crippen molar-refractivity contribution in [1.82, 2.24) is 15.5 Å². The summed E-state index contributed by atoms with van der Waals surface area (Å²) in [5.41, 5.74) is 0. The van der Waals surface area contributed by atoms with E-state index in [2.05, 4.69) is 29.3 Å². The monoisotopic (exact) mass is 273 g/mol. The van der Waals surface area contributed by atoms with E-state index in [4.69, 9.17) is 4.52 Å². The largest absolute Gasteiger partial charge is 0.338 e. The molecule has 0 radical (unpaired) electrons. The fraction of sp³-hybridized carbons (Fsp3) is 0.455. The van der Waals surface area contributed by atoms with Gasteiger partial charge in [0, 0.05) is 6.04 Å². The molecule has 4 nitrogen and oxygen atoms in total. The van der Waals surface area contributed by atoms with Crippen LogP contribution in [0.2, 0.25) is 0 Å². The summed E-state index contributed by atoms with van der Waals surface area (Å²) in [7, 11) is 0. The van der Waals surface area contributed by atoms with Gasteiger partial charge in [-0.05, 0) is 24.8 Å². The summed E-state index contributed by atoms with van der Waals surface area (Å²) < 4.78 is 5.17. The van der Waals surface area contributed by atoms with Crippen molar-refractivity contribution in [2.45, 2.75) is 32.9 Å². The molecule has 0 aliphatic heterocycles. The molecular formula is C11H16ClN3OS. The number of aromatic nitrogens is 2. The second kappa shape index (κ2) is 6.74.